The third-order valence-corrected chi connectivity index (χ3v) is 3.58. The molecule has 0 fully saturated rings. The Hall–Kier alpha value is -1.51. The van der Waals surface area contributed by atoms with Gasteiger partial charge in [0.25, 0.3) is 0 Å². The molecule has 3 heteroatoms. The monoisotopic (exact) mass is 292 g/mol. The van der Waals surface area contributed by atoms with Crippen LogP contribution >= 0.6 is 0 Å². The Morgan fingerprint density at radius 2 is 1.76 bits per heavy atom. The Bertz CT molecular complexity index is 426. The Kier molecular flexibility index (Phi) is 8.56. The summed E-state index contributed by atoms with van der Waals surface area (Å²) >= 11 is 0. The molecule has 118 valence electrons. The van der Waals surface area contributed by atoms with Gasteiger partial charge in [0, 0.05) is 0 Å². The van der Waals surface area contributed by atoms with E-state index in [4.69, 9.17) is 4.74 Å². The summed E-state index contributed by atoms with van der Waals surface area (Å²) in [6.07, 6.45) is 9.19. The molecule has 0 saturated carbocycles. The lowest BCUT2D eigenvalue weighted by Gasteiger charge is -2.13. The third-order valence-electron chi connectivity index (χ3n) is 3.58. The standard InChI is InChI=1S/C18H28O3/c1-3-5-6-7-8-9-11-15-12-10-13-16(18(19)20)17(15)21-14-4-2/h10,12-13H,3-9,11,14H2,1-2H3,(H,19,20). The molecular weight excluding hydrogens is 264 g/mol. The number of aryl methyl sites for hydroxylation is 1. The van der Waals surface area contributed by atoms with Gasteiger partial charge in [0.05, 0.1) is 6.61 Å². The Morgan fingerprint density at radius 1 is 1.05 bits per heavy atom. The van der Waals surface area contributed by atoms with Crippen LogP contribution in [0, 0.1) is 0 Å². The van der Waals surface area contributed by atoms with E-state index in [2.05, 4.69) is 6.92 Å². The summed E-state index contributed by atoms with van der Waals surface area (Å²) in [5, 5.41) is 9.28. The molecule has 1 rings (SSSR count). The molecule has 0 aliphatic carbocycles. The van der Waals surface area contributed by atoms with Gasteiger partial charge in [-0.1, -0.05) is 58.1 Å². The normalized spacial score (nSPS) is 10.6. The highest BCUT2D eigenvalue weighted by molar-refractivity contribution is 5.91. The van der Waals surface area contributed by atoms with Crippen LogP contribution in [0.15, 0.2) is 18.2 Å². The Balaban J connectivity index is 2.62. The maximum Gasteiger partial charge on any atom is 0.339 e. The molecule has 1 aromatic carbocycles. The van der Waals surface area contributed by atoms with E-state index < -0.39 is 5.97 Å². The van der Waals surface area contributed by atoms with Gasteiger partial charge in [0.2, 0.25) is 0 Å². The number of aromatic carboxylic acids is 1. The molecule has 21 heavy (non-hydrogen) atoms. The predicted octanol–water partition coefficient (Wildman–Crippen LogP) is 5.08. The van der Waals surface area contributed by atoms with Crippen molar-refractivity contribution in [3.63, 3.8) is 0 Å². The molecule has 0 spiro atoms. The SMILES string of the molecule is CCCCCCCCc1cccc(C(=O)O)c1OCCC. The highest BCUT2D eigenvalue weighted by Crippen LogP contribution is 2.26. The molecule has 1 N–H and O–H groups in total. The first-order valence-corrected chi connectivity index (χ1v) is 8.18. The molecule has 0 heterocycles. The number of hydrogen-bond donors (Lipinski definition) is 1. The third kappa shape index (κ3) is 6.19. The van der Waals surface area contributed by atoms with E-state index in [1.165, 1.54) is 32.1 Å². The first-order valence-electron chi connectivity index (χ1n) is 8.18. The summed E-state index contributed by atoms with van der Waals surface area (Å²) in [6.45, 7) is 4.80. The second-order valence-corrected chi connectivity index (χ2v) is 5.47. The van der Waals surface area contributed by atoms with Gasteiger partial charge in [-0.3, -0.25) is 0 Å². The second kappa shape index (κ2) is 10.3. The van der Waals surface area contributed by atoms with Crippen molar-refractivity contribution in [1.82, 2.24) is 0 Å². The minimum Gasteiger partial charge on any atom is -0.492 e. The minimum absolute atomic E-state index is 0.284. The van der Waals surface area contributed by atoms with Gasteiger partial charge in [-0.15, -0.1) is 0 Å². The van der Waals surface area contributed by atoms with Crippen molar-refractivity contribution in [3.8, 4) is 5.75 Å². The molecule has 0 bridgehead atoms. The van der Waals surface area contributed by atoms with Crippen molar-refractivity contribution in [3.05, 3.63) is 29.3 Å². The zero-order valence-electron chi connectivity index (χ0n) is 13.4. The molecule has 0 saturated heterocycles. The van der Waals surface area contributed by atoms with Crippen molar-refractivity contribution < 1.29 is 14.6 Å². The van der Waals surface area contributed by atoms with Crippen molar-refractivity contribution in [1.29, 1.82) is 0 Å². The van der Waals surface area contributed by atoms with Crippen LogP contribution in [0.3, 0.4) is 0 Å². The average molecular weight is 292 g/mol. The second-order valence-electron chi connectivity index (χ2n) is 5.47. The van der Waals surface area contributed by atoms with E-state index >= 15 is 0 Å². The van der Waals surface area contributed by atoms with Gasteiger partial charge in [-0.05, 0) is 30.9 Å². The maximum absolute atomic E-state index is 11.3. The first kappa shape index (κ1) is 17.5. The predicted molar refractivity (Wildman–Crippen MR) is 86.3 cm³/mol. The van der Waals surface area contributed by atoms with Crippen LogP contribution in [0.2, 0.25) is 0 Å². The number of carboxylic acid groups (broad SMARTS) is 1. The molecule has 0 aromatic heterocycles. The fraction of sp³-hybridized carbons (Fsp3) is 0.611. The number of rotatable bonds is 11. The van der Waals surface area contributed by atoms with E-state index in [1.807, 2.05) is 19.1 Å². The summed E-state index contributed by atoms with van der Waals surface area (Å²) in [4.78, 5) is 11.3. The fourth-order valence-corrected chi connectivity index (χ4v) is 2.42. The number of benzene rings is 1. The topological polar surface area (TPSA) is 46.5 Å². The van der Waals surface area contributed by atoms with Gasteiger partial charge in [0.15, 0.2) is 0 Å². The summed E-state index contributed by atoms with van der Waals surface area (Å²) in [7, 11) is 0. The number of unbranched alkanes of at least 4 members (excludes halogenated alkanes) is 5. The summed E-state index contributed by atoms with van der Waals surface area (Å²) < 4.78 is 5.69. The van der Waals surface area contributed by atoms with Crippen molar-refractivity contribution >= 4 is 5.97 Å². The molecule has 1 aromatic rings. The van der Waals surface area contributed by atoms with E-state index in [0.29, 0.717) is 12.4 Å². The lowest BCUT2D eigenvalue weighted by atomic mass is 10.0. The summed E-state index contributed by atoms with van der Waals surface area (Å²) in [5.74, 6) is -0.341. The average Bonchev–Trinajstić information content (AvgIpc) is 2.48. The van der Waals surface area contributed by atoms with Crippen LogP contribution < -0.4 is 4.74 Å². The fourth-order valence-electron chi connectivity index (χ4n) is 2.42. The number of carboxylic acids is 1. The highest BCUT2D eigenvalue weighted by atomic mass is 16.5. The van der Waals surface area contributed by atoms with Gasteiger partial charge >= 0.3 is 5.97 Å². The van der Waals surface area contributed by atoms with Crippen LogP contribution in [-0.2, 0) is 6.42 Å². The van der Waals surface area contributed by atoms with E-state index in [9.17, 15) is 9.90 Å². The van der Waals surface area contributed by atoms with E-state index in [1.54, 1.807) is 6.07 Å². The quantitative estimate of drug-likeness (QED) is 0.579. The van der Waals surface area contributed by atoms with Crippen LogP contribution in [-0.4, -0.2) is 17.7 Å². The first-order chi connectivity index (χ1) is 10.2. The Labute approximate surface area is 128 Å². The van der Waals surface area contributed by atoms with E-state index in [0.717, 1.165) is 24.8 Å². The van der Waals surface area contributed by atoms with Gasteiger partial charge in [-0.2, -0.15) is 0 Å². The van der Waals surface area contributed by atoms with Crippen LogP contribution in [0.4, 0.5) is 0 Å². The molecule has 0 unspecified atom stereocenters. The van der Waals surface area contributed by atoms with Crippen molar-refractivity contribution in [2.45, 2.75) is 65.2 Å². The van der Waals surface area contributed by atoms with E-state index in [-0.39, 0.29) is 5.56 Å². The molecule has 0 aliphatic rings. The summed E-state index contributed by atoms with van der Waals surface area (Å²) in [5.41, 5.74) is 1.31. The zero-order chi connectivity index (χ0) is 15.5. The Morgan fingerprint density at radius 3 is 2.43 bits per heavy atom. The van der Waals surface area contributed by atoms with Gasteiger partial charge in [0.1, 0.15) is 11.3 Å². The zero-order valence-corrected chi connectivity index (χ0v) is 13.4. The minimum atomic E-state index is -0.911. The van der Waals surface area contributed by atoms with Crippen LogP contribution in [0.1, 0.15) is 74.7 Å². The highest BCUT2D eigenvalue weighted by Gasteiger charge is 2.15. The van der Waals surface area contributed by atoms with Crippen LogP contribution in [0.5, 0.6) is 5.75 Å². The molecule has 0 radical (unpaired) electrons. The van der Waals surface area contributed by atoms with Crippen molar-refractivity contribution in [2.24, 2.45) is 0 Å². The lowest BCUT2D eigenvalue weighted by molar-refractivity contribution is 0.0692. The molecule has 3 nitrogen and oxygen atoms in total. The number of hydrogen-bond acceptors (Lipinski definition) is 2. The maximum atomic E-state index is 11.3. The number of ether oxygens (including phenoxy) is 1. The molecule has 0 amide bonds. The van der Waals surface area contributed by atoms with Crippen LogP contribution in [0.25, 0.3) is 0 Å². The number of carbonyl (C=O) groups is 1. The van der Waals surface area contributed by atoms with Gasteiger partial charge < -0.3 is 9.84 Å². The smallest absolute Gasteiger partial charge is 0.339 e. The number of para-hydroxylation sites is 1. The lowest BCUT2D eigenvalue weighted by Crippen LogP contribution is -2.07. The largest absolute Gasteiger partial charge is 0.492 e. The molecular formula is C18H28O3. The summed E-state index contributed by atoms with van der Waals surface area (Å²) in [6, 6.07) is 5.43. The van der Waals surface area contributed by atoms with Crippen molar-refractivity contribution in [2.75, 3.05) is 6.61 Å². The van der Waals surface area contributed by atoms with Gasteiger partial charge in [-0.25, -0.2) is 4.79 Å². The molecule has 0 atom stereocenters. The molecule has 0 aliphatic heterocycles.